The van der Waals surface area contributed by atoms with Gasteiger partial charge in [0.05, 0.1) is 12.1 Å². The normalized spacial score (nSPS) is 14.9. The molecule has 1 saturated heterocycles. The molecule has 2 heterocycles. The first-order valence-electron chi connectivity index (χ1n) is 17.5. The summed E-state index contributed by atoms with van der Waals surface area (Å²) in [5, 5.41) is 0. The van der Waals surface area contributed by atoms with Gasteiger partial charge in [0, 0.05) is 29.2 Å². The summed E-state index contributed by atoms with van der Waals surface area (Å²) in [5.41, 5.74) is 12.5. The highest BCUT2D eigenvalue weighted by Crippen LogP contribution is 2.32. The molecule has 0 saturated carbocycles. The lowest BCUT2D eigenvalue weighted by Gasteiger charge is -2.27. The van der Waals surface area contributed by atoms with Crippen LogP contribution in [0.4, 0.5) is 5.69 Å². The Morgan fingerprint density at radius 1 is 0.392 bits per heavy atom. The zero-order chi connectivity index (χ0) is 34.2. The molecule has 1 aliphatic rings. The van der Waals surface area contributed by atoms with Crippen molar-refractivity contribution in [1.82, 2.24) is 4.98 Å². The second kappa shape index (κ2) is 14.9. The van der Waals surface area contributed by atoms with Gasteiger partial charge >= 0.3 is 0 Å². The van der Waals surface area contributed by atoms with Crippen molar-refractivity contribution in [2.75, 3.05) is 4.90 Å². The van der Waals surface area contributed by atoms with Gasteiger partial charge in [-0.1, -0.05) is 145 Å². The van der Waals surface area contributed by atoms with E-state index < -0.39 is 0 Å². The Bertz CT molecular complexity index is 2100. The van der Waals surface area contributed by atoms with E-state index in [1.165, 1.54) is 22.3 Å². The SMILES string of the molecule is C(#C[C@H]1CC[C@H](C#Cc2cc(-c3ccccc3)cc(-c3ccccc3)c2)N1c1ccncc1)c1cc(-c2ccccc2)cc(-c2ccccc2)c1. The number of nitrogens with zero attached hydrogens (tertiary/aromatic N) is 2. The fourth-order valence-corrected chi connectivity index (χ4v) is 6.89. The summed E-state index contributed by atoms with van der Waals surface area (Å²) in [7, 11) is 0. The van der Waals surface area contributed by atoms with Crippen molar-refractivity contribution in [1.29, 1.82) is 0 Å². The molecule has 0 amide bonds. The average molecular weight is 653 g/mol. The van der Waals surface area contributed by atoms with Crippen molar-refractivity contribution in [3.63, 3.8) is 0 Å². The van der Waals surface area contributed by atoms with E-state index in [-0.39, 0.29) is 12.1 Å². The molecule has 0 spiro atoms. The summed E-state index contributed by atoms with van der Waals surface area (Å²) < 4.78 is 0. The van der Waals surface area contributed by atoms with Crippen molar-refractivity contribution < 1.29 is 0 Å². The summed E-state index contributed by atoms with van der Waals surface area (Å²) in [5.74, 6) is 14.6. The minimum absolute atomic E-state index is 0.0165. The topological polar surface area (TPSA) is 16.1 Å². The van der Waals surface area contributed by atoms with Gasteiger partial charge in [-0.3, -0.25) is 4.98 Å². The Kier molecular flexibility index (Phi) is 9.23. The van der Waals surface area contributed by atoms with E-state index in [9.17, 15) is 0 Å². The molecular formula is C49H36N2. The van der Waals surface area contributed by atoms with E-state index in [1.54, 1.807) is 0 Å². The van der Waals surface area contributed by atoms with E-state index in [4.69, 9.17) is 0 Å². The number of rotatable bonds is 5. The van der Waals surface area contributed by atoms with Crippen LogP contribution in [0.1, 0.15) is 24.0 Å². The van der Waals surface area contributed by atoms with Crippen molar-refractivity contribution in [3.8, 4) is 68.2 Å². The first kappa shape index (κ1) is 31.6. The highest BCUT2D eigenvalue weighted by Gasteiger charge is 2.31. The van der Waals surface area contributed by atoms with Crippen molar-refractivity contribution >= 4 is 5.69 Å². The van der Waals surface area contributed by atoms with Gasteiger partial charge in [0.1, 0.15) is 0 Å². The molecule has 7 aromatic rings. The average Bonchev–Trinajstić information content (AvgIpc) is 3.63. The van der Waals surface area contributed by atoms with Gasteiger partial charge in [0.2, 0.25) is 0 Å². The molecule has 2 nitrogen and oxygen atoms in total. The van der Waals surface area contributed by atoms with Crippen LogP contribution in [0.3, 0.4) is 0 Å². The molecule has 1 aliphatic heterocycles. The van der Waals surface area contributed by atoms with Crippen molar-refractivity contribution in [2.24, 2.45) is 0 Å². The standard InChI is InChI=1S/C49H36N2/c1-5-13-39(14-6-1)43-31-37(32-44(35-43)40-15-7-2-8-16-40)21-23-47-25-26-48(51(47)49-27-29-50-30-28-49)24-22-38-33-45(41-17-9-3-10-18-41)36-46(34-38)42-19-11-4-12-20-42/h1-20,27-36,47-48H,25-26H2/t47-,48-/m0/s1. The van der Waals surface area contributed by atoms with Crippen LogP contribution in [0.2, 0.25) is 0 Å². The molecule has 2 heteroatoms. The zero-order valence-corrected chi connectivity index (χ0v) is 28.3. The van der Waals surface area contributed by atoms with Gasteiger partial charge in [0.15, 0.2) is 0 Å². The summed E-state index contributed by atoms with van der Waals surface area (Å²) in [6.07, 6.45) is 5.57. The van der Waals surface area contributed by atoms with Gasteiger partial charge in [-0.25, -0.2) is 0 Å². The smallest absolute Gasteiger partial charge is 0.0921 e. The molecule has 2 atom stereocenters. The Hall–Kier alpha value is -6.61. The second-order valence-corrected chi connectivity index (χ2v) is 12.8. The molecule has 1 aromatic heterocycles. The summed E-state index contributed by atoms with van der Waals surface area (Å²) >= 11 is 0. The van der Waals surface area contributed by atoms with Crippen LogP contribution in [0.15, 0.2) is 182 Å². The van der Waals surface area contributed by atoms with Crippen LogP contribution in [0, 0.1) is 23.7 Å². The number of benzene rings is 6. The maximum absolute atomic E-state index is 4.31. The van der Waals surface area contributed by atoms with Crippen molar-refractivity contribution in [3.05, 3.63) is 193 Å². The quantitative estimate of drug-likeness (QED) is 0.172. The van der Waals surface area contributed by atoms with E-state index >= 15 is 0 Å². The predicted molar refractivity (Wildman–Crippen MR) is 212 cm³/mol. The third kappa shape index (κ3) is 7.38. The molecule has 51 heavy (non-hydrogen) atoms. The maximum Gasteiger partial charge on any atom is 0.0921 e. The predicted octanol–water partition coefficient (Wildman–Crippen LogP) is 11.2. The monoisotopic (exact) mass is 652 g/mol. The van der Waals surface area contributed by atoms with Crippen molar-refractivity contribution in [2.45, 2.75) is 24.9 Å². The molecule has 6 aromatic carbocycles. The number of pyridine rings is 1. The number of anilines is 1. The first-order valence-corrected chi connectivity index (χ1v) is 17.5. The zero-order valence-electron chi connectivity index (χ0n) is 28.3. The first-order chi connectivity index (χ1) is 25.3. The fourth-order valence-electron chi connectivity index (χ4n) is 6.89. The van der Waals surface area contributed by atoms with Crippen LogP contribution >= 0.6 is 0 Å². The van der Waals surface area contributed by atoms with Gasteiger partial charge in [-0.05, 0) is 106 Å². The molecule has 0 radical (unpaired) electrons. The second-order valence-electron chi connectivity index (χ2n) is 12.8. The van der Waals surface area contributed by atoms with E-state index in [2.05, 4.69) is 203 Å². The van der Waals surface area contributed by atoms with E-state index in [0.717, 1.165) is 51.9 Å². The summed E-state index contributed by atoms with van der Waals surface area (Å²) in [4.78, 5) is 6.70. The van der Waals surface area contributed by atoms with Crippen LogP contribution < -0.4 is 4.90 Å². The van der Waals surface area contributed by atoms with Gasteiger partial charge in [0.25, 0.3) is 0 Å². The summed E-state index contributed by atoms with van der Waals surface area (Å²) in [6, 6.07) is 59.7. The molecule has 1 fully saturated rings. The molecular weight excluding hydrogens is 617 g/mol. The van der Waals surface area contributed by atoms with Gasteiger partial charge in [-0.2, -0.15) is 0 Å². The molecule has 0 N–H and O–H groups in total. The highest BCUT2D eigenvalue weighted by atomic mass is 15.2. The van der Waals surface area contributed by atoms with E-state index in [0.29, 0.717) is 0 Å². The number of aromatic nitrogens is 1. The Balaban J connectivity index is 1.15. The molecule has 0 bridgehead atoms. The van der Waals surface area contributed by atoms with E-state index in [1.807, 2.05) is 12.4 Å². The number of hydrogen-bond acceptors (Lipinski definition) is 2. The Morgan fingerprint density at radius 3 is 1.06 bits per heavy atom. The van der Waals surface area contributed by atoms with Crippen LogP contribution in [-0.2, 0) is 0 Å². The molecule has 8 rings (SSSR count). The third-order valence-corrected chi connectivity index (χ3v) is 9.41. The minimum Gasteiger partial charge on any atom is -0.344 e. The Morgan fingerprint density at radius 2 is 0.725 bits per heavy atom. The van der Waals surface area contributed by atoms with Crippen LogP contribution in [0.5, 0.6) is 0 Å². The van der Waals surface area contributed by atoms with Crippen LogP contribution in [-0.4, -0.2) is 17.1 Å². The minimum atomic E-state index is 0.0165. The third-order valence-electron chi connectivity index (χ3n) is 9.41. The summed E-state index contributed by atoms with van der Waals surface area (Å²) in [6.45, 7) is 0. The molecule has 0 unspecified atom stereocenters. The Labute approximate surface area is 301 Å². The highest BCUT2D eigenvalue weighted by molar-refractivity contribution is 5.77. The molecule has 0 aliphatic carbocycles. The number of hydrogen-bond donors (Lipinski definition) is 0. The maximum atomic E-state index is 4.31. The van der Waals surface area contributed by atoms with Gasteiger partial charge in [-0.15, -0.1) is 0 Å². The molecule has 242 valence electrons. The van der Waals surface area contributed by atoms with Crippen LogP contribution in [0.25, 0.3) is 44.5 Å². The lowest BCUT2D eigenvalue weighted by Crippen LogP contribution is -2.34. The lowest BCUT2D eigenvalue weighted by molar-refractivity contribution is 0.803. The van der Waals surface area contributed by atoms with Gasteiger partial charge < -0.3 is 4.90 Å². The fraction of sp³-hybridized carbons (Fsp3) is 0.0816. The largest absolute Gasteiger partial charge is 0.344 e. The lowest BCUT2D eigenvalue weighted by atomic mass is 9.96.